The Balaban J connectivity index is 2.31. The lowest BCUT2D eigenvalue weighted by atomic mass is 10.3. The predicted molar refractivity (Wildman–Crippen MR) is 58.3 cm³/mol. The largest absolute Gasteiger partial charge is 0.504 e. The van der Waals surface area contributed by atoms with E-state index in [1.54, 1.807) is 18.3 Å². The maximum atomic E-state index is 9.69. The number of hydrogen-bond acceptors (Lipinski definition) is 4. The van der Waals surface area contributed by atoms with Crippen LogP contribution in [-0.4, -0.2) is 25.1 Å². The van der Waals surface area contributed by atoms with Crippen LogP contribution in [0.2, 0.25) is 0 Å². The minimum absolute atomic E-state index is 0.0816. The van der Waals surface area contributed by atoms with Crippen molar-refractivity contribution in [2.45, 2.75) is 0 Å². The van der Waals surface area contributed by atoms with Crippen molar-refractivity contribution in [1.82, 2.24) is 20.0 Å². The van der Waals surface area contributed by atoms with Crippen molar-refractivity contribution in [2.24, 2.45) is 0 Å². The molecule has 2 aromatic heterocycles. The highest BCUT2D eigenvalue weighted by molar-refractivity contribution is 5.75. The van der Waals surface area contributed by atoms with Crippen LogP contribution in [0.25, 0.3) is 16.9 Å². The lowest BCUT2D eigenvalue weighted by Crippen LogP contribution is -1.99. The first kappa shape index (κ1) is 8.84. The van der Waals surface area contributed by atoms with Crippen LogP contribution in [0.1, 0.15) is 0 Å². The second-order valence-corrected chi connectivity index (χ2v) is 3.34. The van der Waals surface area contributed by atoms with Crippen LogP contribution < -0.4 is 0 Å². The summed E-state index contributed by atoms with van der Waals surface area (Å²) >= 11 is 0. The van der Waals surface area contributed by atoms with Crippen LogP contribution >= 0.6 is 0 Å². The molecule has 5 heteroatoms. The molecule has 1 aromatic carbocycles. The third-order valence-corrected chi connectivity index (χ3v) is 2.32. The van der Waals surface area contributed by atoms with Gasteiger partial charge in [0.1, 0.15) is 5.52 Å². The third kappa shape index (κ3) is 1.22. The van der Waals surface area contributed by atoms with E-state index in [2.05, 4.69) is 15.3 Å². The van der Waals surface area contributed by atoms with Crippen LogP contribution in [0.15, 0.2) is 42.6 Å². The molecule has 0 bridgehead atoms. The molecule has 5 nitrogen and oxygen atoms in total. The summed E-state index contributed by atoms with van der Waals surface area (Å²) in [4.78, 5) is 4.08. The van der Waals surface area contributed by atoms with Gasteiger partial charge in [0.2, 0.25) is 0 Å². The molecule has 16 heavy (non-hydrogen) atoms. The van der Waals surface area contributed by atoms with E-state index in [1.165, 1.54) is 4.68 Å². The highest BCUT2D eigenvalue weighted by Gasteiger charge is 2.09. The summed E-state index contributed by atoms with van der Waals surface area (Å²) in [6.07, 6.45) is 1.60. The van der Waals surface area contributed by atoms with Crippen LogP contribution in [0.4, 0.5) is 0 Å². The lowest BCUT2D eigenvalue weighted by Gasteiger charge is -2.02. The van der Waals surface area contributed by atoms with Crippen molar-refractivity contribution in [1.29, 1.82) is 0 Å². The maximum absolute atomic E-state index is 9.69. The standard InChI is InChI=1S/C11H8N4O/c16-10-6-3-7-12-11(10)15-9-5-2-1-4-8(9)13-14-15/h1-7,16H. The number of fused-ring (bicyclic) bond motifs is 1. The summed E-state index contributed by atoms with van der Waals surface area (Å²) < 4.78 is 1.52. The number of para-hydroxylation sites is 1. The molecular weight excluding hydrogens is 204 g/mol. The first-order valence-corrected chi connectivity index (χ1v) is 4.81. The Morgan fingerprint density at radius 2 is 1.94 bits per heavy atom. The molecule has 0 fully saturated rings. The van der Waals surface area contributed by atoms with Gasteiger partial charge in [0.05, 0.1) is 5.52 Å². The van der Waals surface area contributed by atoms with Crippen molar-refractivity contribution in [2.75, 3.05) is 0 Å². The van der Waals surface area contributed by atoms with E-state index in [1.807, 2.05) is 24.3 Å². The van der Waals surface area contributed by atoms with E-state index in [4.69, 9.17) is 0 Å². The summed E-state index contributed by atoms with van der Waals surface area (Å²) in [5, 5.41) is 17.7. The number of rotatable bonds is 1. The first-order valence-electron chi connectivity index (χ1n) is 4.81. The summed E-state index contributed by atoms with van der Waals surface area (Å²) in [5.74, 6) is 0.467. The molecular formula is C11H8N4O. The van der Waals surface area contributed by atoms with Gasteiger partial charge in [-0.15, -0.1) is 5.10 Å². The maximum Gasteiger partial charge on any atom is 0.198 e. The van der Waals surface area contributed by atoms with Gasteiger partial charge in [-0.05, 0) is 24.3 Å². The molecule has 0 radical (unpaired) electrons. The van der Waals surface area contributed by atoms with Gasteiger partial charge in [0.25, 0.3) is 0 Å². The zero-order valence-corrected chi connectivity index (χ0v) is 8.28. The number of aromatic hydroxyl groups is 1. The Morgan fingerprint density at radius 3 is 2.81 bits per heavy atom. The molecule has 0 aliphatic rings. The Labute approximate surface area is 91.0 Å². The van der Waals surface area contributed by atoms with Crippen molar-refractivity contribution < 1.29 is 5.11 Å². The van der Waals surface area contributed by atoms with E-state index in [9.17, 15) is 5.11 Å². The normalized spacial score (nSPS) is 10.8. The van der Waals surface area contributed by atoms with Crippen LogP contribution in [0.3, 0.4) is 0 Å². The Bertz CT molecular complexity index is 647. The second kappa shape index (κ2) is 3.30. The van der Waals surface area contributed by atoms with Gasteiger partial charge in [-0.1, -0.05) is 17.3 Å². The van der Waals surface area contributed by atoms with E-state index in [-0.39, 0.29) is 5.75 Å². The van der Waals surface area contributed by atoms with Gasteiger partial charge in [-0.3, -0.25) is 0 Å². The summed E-state index contributed by atoms with van der Waals surface area (Å²) in [5.41, 5.74) is 1.59. The average Bonchev–Trinajstić information content (AvgIpc) is 2.74. The topological polar surface area (TPSA) is 63.8 Å². The zero-order valence-electron chi connectivity index (χ0n) is 8.28. The van der Waals surface area contributed by atoms with E-state index in [0.717, 1.165) is 11.0 Å². The lowest BCUT2D eigenvalue weighted by molar-refractivity contribution is 0.467. The fourth-order valence-electron chi connectivity index (χ4n) is 1.58. The van der Waals surface area contributed by atoms with Crippen molar-refractivity contribution in [3.63, 3.8) is 0 Å². The molecule has 1 N–H and O–H groups in total. The van der Waals surface area contributed by atoms with Gasteiger partial charge in [0.15, 0.2) is 11.6 Å². The number of hydrogen-bond donors (Lipinski definition) is 1. The zero-order chi connectivity index (χ0) is 11.0. The second-order valence-electron chi connectivity index (χ2n) is 3.34. The molecule has 3 rings (SSSR count). The van der Waals surface area contributed by atoms with E-state index >= 15 is 0 Å². The molecule has 2 heterocycles. The average molecular weight is 212 g/mol. The van der Waals surface area contributed by atoms with Gasteiger partial charge in [-0.2, -0.15) is 4.68 Å². The number of pyridine rings is 1. The van der Waals surface area contributed by atoms with Gasteiger partial charge in [-0.25, -0.2) is 4.98 Å². The minimum Gasteiger partial charge on any atom is -0.504 e. The molecule has 0 amide bonds. The Kier molecular flexibility index (Phi) is 1.83. The SMILES string of the molecule is Oc1cccnc1-n1nnc2ccccc21. The highest BCUT2D eigenvalue weighted by atomic mass is 16.3. The minimum atomic E-state index is 0.0816. The molecule has 0 atom stereocenters. The predicted octanol–water partition coefficient (Wildman–Crippen LogP) is 1.52. The quantitative estimate of drug-likeness (QED) is 0.664. The van der Waals surface area contributed by atoms with Crippen LogP contribution in [0, 0.1) is 0 Å². The number of aromatic nitrogens is 4. The molecule has 0 unspecified atom stereocenters. The van der Waals surface area contributed by atoms with Gasteiger partial charge < -0.3 is 5.11 Å². The van der Waals surface area contributed by atoms with Crippen molar-refractivity contribution in [3.8, 4) is 11.6 Å². The smallest absolute Gasteiger partial charge is 0.198 e. The monoisotopic (exact) mass is 212 g/mol. The van der Waals surface area contributed by atoms with Crippen molar-refractivity contribution >= 4 is 11.0 Å². The first-order chi connectivity index (χ1) is 7.86. The van der Waals surface area contributed by atoms with Gasteiger partial charge in [0, 0.05) is 6.20 Å². The molecule has 0 saturated heterocycles. The summed E-state index contributed by atoms with van der Waals surface area (Å²) in [6.45, 7) is 0. The molecule has 0 spiro atoms. The number of nitrogens with zero attached hydrogens (tertiary/aromatic N) is 4. The Hall–Kier alpha value is -2.43. The van der Waals surface area contributed by atoms with Crippen LogP contribution in [-0.2, 0) is 0 Å². The van der Waals surface area contributed by atoms with E-state index in [0.29, 0.717) is 5.82 Å². The molecule has 0 aliphatic carbocycles. The number of benzene rings is 1. The Morgan fingerprint density at radius 1 is 1.06 bits per heavy atom. The molecule has 78 valence electrons. The van der Waals surface area contributed by atoms with Crippen LogP contribution in [0.5, 0.6) is 5.75 Å². The van der Waals surface area contributed by atoms with Crippen molar-refractivity contribution in [3.05, 3.63) is 42.6 Å². The van der Waals surface area contributed by atoms with Gasteiger partial charge >= 0.3 is 0 Å². The summed E-state index contributed by atoms with van der Waals surface area (Å²) in [7, 11) is 0. The third-order valence-electron chi connectivity index (χ3n) is 2.32. The summed E-state index contributed by atoms with van der Waals surface area (Å²) in [6, 6.07) is 10.8. The highest BCUT2D eigenvalue weighted by Crippen LogP contribution is 2.20. The molecule has 0 aliphatic heterocycles. The fourth-order valence-corrected chi connectivity index (χ4v) is 1.58. The molecule has 3 aromatic rings. The fraction of sp³-hybridized carbons (Fsp3) is 0. The van der Waals surface area contributed by atoms with E-state index < -0.39 is 0 Å². The molecule has 0 saturated carbocycles.